The Balaban J connectivity index is 1.55. The fraction of sp³-hybridized carbons (Fsp3) is 0.0769. The number of ether oxygens (including phenoxy) is 1. The zero-order valence-corrected chi connectivity index (χ0v) is 16.2. The average Bonchev–Trinajstić information content (AvgIpc) is 2.75. The molecule has 0 N–H and O–H groups in total. The van der Waals surface area contributed by atoms with Crippen LogP contribution in [0.25, 0.3) is 10.8 Å². The van der Waals surface area contributed by atoms with Crippen molar-refractivity contribution in [2.75, 3.05) is 0 Å². The number of aliphatic imine (C=N–C) groups is 1. The summed E-state index contributed by atoms with van der Waals surface area (Å²) in [7, 11) is 0. The molecule has 29 heavy (non-hydrogen) atoms. The third-order valence-corrected chi connectivity index (χ3v) is 4.64. The summed E-state index contributed by atoms with van der Waals surface area (Å²) in [5, 5.41) is 2.29. The first-order valence-electron chi connectivity index (χ1n) is 9.57. The van der Waals surface area contributed by atoms with Crippen LogP contribution in [-0.2, 0) is 0 Å². The van der Waals surface area contributed by atoms with Gasteiger partial charge < -0.3 is 4.74 Å². The maximum absolute atomic E-state index is 12.4. The van der Waals surface area contributed by atoms with E-state index < -0.39 is 0 Å². The van der Waals surface area contributed by atoms with Crippen molar-refractivity contribution >= 4 is 28.0 Å². The summed E-state index contributed by atoms with van der Waals surface area (Å²) in [5.74, 6) is 1.47. The van der Waals surface area contributed by atoms with Crippen LogP contribution in [0.15, 0.2) is 102 Å². The molecule has 0 radical (unpaired) electrons. The second-order valence-electron chi connectivity index (χ2n) is 6.89. The van der Waals surface area contributed by atoms with Crippen LogP contribution in [-0.4, -0.2) is 11.5 Å². The van der Waals surface area contributed by atoms with Crippen molar-refractivity contribution < 1.29 is 9.53 Å². The van der Waals surface area contributed by atoms with Crippen molar-refractivity contribution in [3.8, 4) is 11.5 Å². The molecule has 0 unspecified atom stereocenters. The van der Waals surface area contributed by atoms with Gasteiger partial charge in [-0.1, -0.05) is 72.8 Å². The number of benzene rings is 4. The molecule has 4 aromatic rings. The van der Waals surface area contributed by atoms with Crippen LogP contribution < -0.4 is 4.74 Å². The summed E-state index contributed by atoms with van der Waals surface area (Å²) in [4.78, 5) is 17.1. The molecule has 3 nitrogen and oxygen atoms in total. The molecule has 0 heterocycles. The Labute approximate surface area is 170 Å². The number of Topliss-reactive ketones (excluding diaryl/α,β-unsaturated/α-hetero) is 1. The standard InChI is InChI=1S/C26H21NO2/c1-19(17-25(28)21-10-3-2-4-11-21)27-24-13-7-8-14-26(24)29-23-16-15-20-9-5-6-12-22(20)18-23/h2-16,18H,17H2,1H3. The molecule has 4 rings (SSSR count). The number of fused-ring (bicyclic) bond motifs is 1. The fourth-order valence-corrected chi connectivity index (χ4v) is 3.20. The molecule has 0 saturated carbocycles. The molecule has 0 aliphatic carbocycles. The Hall–Kier alpha value is -3.72. The number of hydrogen-bond donors (Lipinski definition) is 0. The Morgan fingerprint density at radius 1 is 0.793 bits per heavy atom. The molecule has 142 valence electrons. The van der Waals surface area contributed by atoms with Gasteiger partial charge in [0.2, 0.25) is 0 Å². The first-order chi connectivity index (χ1) is 14.2. The highest BCUT2D eigenvalue weighted by molar-refractivity contribution is 6.09. The van der Waals surface area contributed by atoms with Crippen LogP contribution in [0.4, 0.5) is 5.69 Å². The predicted molar refractivity (Wildman–Crippen MR) is 119 cm³/mol. The zero-order chi connectivity index (χ0) is 20.1. The van der Waals surface area contributed by atoms with Crippen molar-refractivity contribution in [2.24, 2.45) is 4.99 Å². The van der Waals surface area contributed by atoms with Crippen molar-refractivity contribution in [3.05, 3.63) is 103 Å². The highest BCUT2D eigenvalue weighted by Gasteiger charge is 2.09. The Kier molecular flexibility index (Phi) is 5.48. The smallest absolute Gasteiger partial charge is 0.168 e. The normalized spacial score (nSPS) is 11.4. The molecule has 0 atom stereocenters. The van der Waals surface area contributed by atoms with E-state index in [0.717, 1.165) is 16.8 Å². The molecule has 0 spiro atoms. The van der Waals surface area contributed by atoms with Gasteiger partial charge in [0.05, 0.1) is 0 Å². The van der Waals surface area contributed by atoms with Crippen molar-refractivity contribution in [1.82, 2.24) is 0 Å². The first kappa shape index (κ1) is 18.6. The number of nitrogens with zero attached hydrogens (tertiary/aromatic N) is 1. The Bertz CT molecular complexity index is 1180. The Morgan fingerprint density at radius 3 is 2.31 bits per heavy atom. The minimum Gasteiger partial charge on any atom is -0.455 e. The van der Waals surface area contributed by atoms with Crippen LogP contribution >= 0.6 is 0 Å². The summed E-state index contributed by atoms with van der Waals surface area (Å²) >= 11 is 0. The van der Waals surface area contributed by atoms with E-state index in [9.17, 15) is 4.79 Å². The van der Waals surface area contributed by atoms with E-state index in [2.05, 4.69) is 17.1 Å². The van der Waals surface area contributed by atoms with Gasteiger partial charge in [-0.15, -0.1) is 0 Å². The molecular weight excluding hydrogens is 358 g/mol. The van der Waals surface area contributed by atoms with Gasteiger partial charge in [0, 0.05) is 17.7 Å². The highest BCUT2D eigenvalue weighted by atomic mass is 16.5. The lowest BCUT2D eigenvalue weighted by molar-refractivity contribution is 0.100. The number of ketones is 1. The second-order valence-corrected chi connectivity index (χ2v) is 6.89. The second kappa shape index (κ2) is 8.53. The third kappa shape index (κ3) is 4.58. The molecule has 4 aromatic carbocycles. The van der Waals surface area contributed by atoms with Gasteiger partial charge in [0.25, 0.3) is 0 Å². The van der Waals surface area contributed by atoms with Crippen LogP contribution in [0.5, 0.6) is 11.5 Å². The third-order valence-electron chi connectivity index (χ3n) is 4.64. The molecule has 0 aliphatic rings. The van der Waals surface area contributed by atoms with Crippen molar-refractivity contribution in [2.45, 2.75) is 13.3 Å². The van der Waals surface area contributed by atoms with E-state index in [4.69, 9.17) is 4.74 Å². The minimum atomic E-state index is 0.0554. The number of carbonyl (C=O) groups excluding carboxylic acids is 1. The molecule has 0 amide bonds. The molecule has 0 bridgehead atoms. The quantitative estimate of drug-likeness (QED) is 0.267. The van der Waals surface area contributed by atoms with E-state index in [1.807, 2.05) is 91.9 Å². The maximum Gasteiger partial charge on any atom is 0.168 e. The molecule has 0 aliphatic heterocycles. The van der Waals surface area contributed by atoms with Crippen LogP contribution in [0, 0.1) is 0 Å². The lowest BCUT2D eigenvalue weighted by atomic mass is 10.1. The number of hydrogen-bond acceptors (Lipinski definition) is 3. The fourth-order valence-electron chi connectivity index (χ4n) is 3.20. The number of rotatable bonds is 6. The van der Waals surface area contributed by atoms with E-state index >= 15 is 0 Å². The van der Waals surface area contributed by atoms with E-state index in [0.29, 0.717) is 17.0 Å². The van der Waals surface area contributed by atoms with Gasteiger partial charge >= 0.3 is 0 Å². The summed E-state index contributed by atoms with van der Waals surface area (Å²) in [5.41, 5.74) is 2.15. The van der Waals surface area contributed by atoms with Gasteiger partial charge in [0.15, 0.2) is 11.5 Å². The lowest BCUT2D eigenvalue weighted by Crippen LogP contribution is -2.05. The SMILES string of the molecule is CC(CC(=O)c1ccccc1)=Nc1ccccc1Oc1ccc2ccccc2c1. The van der Waals surface area contributed by atoms with Crippen LogP contribution in [0.2, 0.25) is 0 Å². The summed E-state index contributed by atoms with van der Waals surface area (Å²) in [6.07, 6.45) is 0.272. The minimum absolute atomic E-state index is 0.0554. The van der Waals surface area contributed by atoms with Gasteiger partial charge in [0.1, 0.15) is 11.4 Å². The molecule has 0 aromatic heterocycles. The summed E-state index contributed by atoms with van der Waals surface area (Å²) < 4.78 is 6.12. The van der Waals surface area contributed by atoms with E-state index in [-0.39, 0.29) is 12.2 Å². The van der Waals surface area contributed by atoms with Gasteiger partial charge in [-0.2, -0.15) is 0 Å². The molecular formula is C26H21NO2. The highest BCUT2D eigenvalue weighted by Crippen LogP contribution is 2.33. The topological polar surface area (TPSA) is 38.7 Å². The van der Waals surface area contributed by atoms with Crippen LogP contribution in [0.1, 0.15) is 23.7 Å². The summed E-state index contributed by atoms with van der Waals surface area (Å²) in [6.45, 7) is 1.87. The van der Waals surface area contributed by atoms with Crippen molar-refractivity contribution in [3.63, 3.8) is 0 Å². The van der Waals surface area contributed by atoms with Crippen molar-refractivity contribution in [1.29, 1.82) is 0 Å². The number of carbonyl (C=O) groups is 1. The van der Waals surface area contributed by atoms with E-state index in [1.54, 1.807) is 0 Å². The molecule has 0 fully saturated rings. The van der Waals surface area contributed by atoms with Gasteiger partial charge in [-0.25, -0.2) is 0 Å². The van der Waals surface area contributed by atoms with Gasteiger partial charge in [-0.3, -0.25) is 9.79 Å². The number of para-hydroxylation sites is 2. The molecule has 3 heteroatoms. The summed E-state index contributed by atoms with van der Waals surface area (Å²) in [6, 6.07) is 31.1. The monoisotopic (exact) mass is 379 g/mol. The Morgan fingerprint density at radius 2 is 1.48 bits per heavy atom. The lowest BCUT2D eigenvalue weighted by Gasteiger charge is -2.10. The maximum atomic E-state index is 12.4. The first-order valence-corrected chi connectivity index (χ1v) is 9.57. The van der Waals surface area contributed by atoms with E-state index in [1.165, 1.54) is 5.39 Å². The predicted octanol–water partition coefficient (Wildman–Crippen LogP) is 7.00. The van der Waals surface area contributed by atoms with Crippen LogP contribution in [0.3, 0.4) is 0 Å². The zero-order valence-electron chi connectivity index (χ0n) is 16.2. The molecule has 0 saturated heterocycles. The average molecular weight is 379 g/mol. The van der Waals surface area contributed by atoms with Gasteiger partial charge in [-0.05, 0) is 42.0 Å². The largest absolute Gasteiger partial charge is 0.455 e.